The number of ether oxygens (including phenoxy) is 4. The summed E-state index contributed by atoms with van der Waals surface area (Å²) in [5.41, 5.74) is 0. The van der Waals surface area contributed by atoms with Crippen LogP contribution in [0.4, 0.5) is 0 Å². The van der Waals surface area contributed by atoms with Gasteiger partial charge in [-0.2, -0.15) is 0 Å². The van der Waals surface area contributed by atoms with E-state index in [2.05, 4.69) is 27.7 Å². The Hall–Kier alpha value is -1.94. The molecule has 17 nitrogen and oxygen atoms in total. The molecule has 486 valence electrons. The molecular weight excluding hydrogens is 1090 g/mol. The van der Waals surface area contributed by atoms with E-state index < -0.39 is 97.5 Å². The van der Waals surface area contributed by atoms with Gasteiger partial charge in [0.25, 0.3) is 0 Å². The maximum atomic E-state index is 13.0. The molecule has 0 bridgehead atoms. The van der Waals surface area contributed by atoms with Crippen LogP contribution in [0.3, 0.4) is 0 Å². The SMILES string of the molecule is CCCCCCCCCCCCCCCCCCCCCC(=O)O[C@H](COC(=O)CCCCCCCCCCCC)COP(=O)(O)OC[C@@H](O)COP(=O)(O)OC[C@@H](COC(=O)CCCCCCC)OC(=O)CCCCCCCCCC. The zero-order valence-electron chi connectivity index (χ0n) is 52.5. The summed E-state index contributed by atoms with van der Waals surface area (Å²) < 4.78 is 67.7. The monoisotopic (exact) mass is 1210 g/mol. The van der Waals surface area contributed by atoms with Crippen LogP contribution in [0.5, 0.6) is 0 Å². The molecule has 0 heterocycles. The van der Waals surface area contributed by atoms with Crippen molar-refractivity contribution in [1.82, 2.24) is 0 Å². The Balaban J connectivity index is 5.09. The van der Waals surface area contributed by atoms with Crippen LogP contribution in [0, 0.1) is 0 Å². The molecule has 19 heteroatoms. The van der Waals surface area contributed by atoms with Crippen LogP contribution >= 0.6 is 15.6 Å². The summed E-state index contributed by atoms with van der Waals surface area (Å²) in [4.78, 5) is 71.8. The summed E-state index contributed by atoms with van der Waals surface area (Å²) in [6.45, 7) is 4.76. The number of carbonyl (C=O) groups excluding carboxylic acids is 4. The Morgan fingerprint density at radius 1 is 0.293 bits per heavy atom. The molecule has 5 atom stereocenters. The van der Waals surface area contributed by atoms with Crippen LogP contribution in [0.2, 0.25) is 0 Å². The van der Waals surface area contributed by atoms with Crippen LogP contribution in [0.15, 0.2) is 0 Å². The Bertz CT molecular complexity index is 1590. The van der Waals surface area contributed by atoms with E-state index >= 15 is 0 Å². The number of hydrogen-bond acceptors (Lipinski definition) is 15. The first-order valence-corrected chi connectivity index (χ1v) is 36.3. The van der Waals surface area contributed by atoms with Crippen molar-refractivity contribution in [3.63, 3.8) is 0 Å². The maximum Gasteiger partial charge on any atom is 0.472 e. The van der Waals surface area contributed by atoms with Crippen molar-refractivity contribution in [1.29, 1.82) is 0 Å². The van der Waals surface area contributed by atoms with Crippen molar-refractivity contribution in [3.8, 4) is 0 Å². The first kappa shape index (κ1) is 80.1. The van der Waals surface area contributed by atoms with E-state index in [1.165, 1.54) is 141 Å². The predicted molar refractivity (Wildman–Crippen MR) is 326 cm³/mol. The van der Waals surface area contributed by atoms with E-state index in [4.69, 9.17) is 37.0 Å². The van der Waals surface area contributed by atoms with Gasteiger partial charge >= 0.3 is 39.5 Å². The largest absolute Gasteiger partial charge is 0.472 e. The predicted octanol–water partition coefficient (Wildman–Crippen LogP) is 17.5. The molecule has 0 spiro atoms. The fraction of sp³-hybridized carbons (Fsp3) is 0.937. The minimum Gasteiger partial charge on any atom is -0.462 e. The first-order valence-electron chi connectivity index (χ1n) is 33.3. The number of phosphoric ester groups is 2. The highest BCUT2D eigenvalue weighted by atomic mass is 31.2. The standard InChI is InChI=1S/C63H122O17P2/c1-5-9-13-17-20-23-25-26-27-28-29-30-31-32-33-35-38-42-46-50-63(68)80-59(54-74-61(66)48-44-40-37-34-24-21-18-14-10-6-2)56-78-82(71,72)76-52-57(64)51-75-81(69,70)77-55-58(53-73-60(65)47-43-39-16-12-8-4)79-62(67)49-45-41-36-22-19-15-11-7-3/h57-59,64H,5-56H2,1-4H3,(H,69,70)(H,71,72)/t57-,58+,59+/m0/s1. The molecule has 0 saturated carbocycles. The van der Waals surface area contributed by atoms with Crippen LogP contribution in [0.1, 0.15) is 323 Å². The molecule has 0 aliphatic heterocycles. The Kier molecular flexibility index (Phi) is 56.7. The minimum atomic E-state index is -4.94. The molecule has 0 fully saturated rings. The summed E-state index contributed by atoms with van der Waals surface area (Å²) in [5.74, 6) is -2.15. The minimum absolute atomic E-state index is 0.104. The molecule has 0 aliphatic carbocycles. The highest BCUT2D eigenvalue weighted by molar-refractivity contribution is 7.47. The molecule has 2 unspecified atom stereocenters. The van der Waals surface area contributed by atoms with Gasteiger partial charge in [0, 0.05) is 25.7 Å². The number of aliphatic hydroxyl groups excluding tert-OH is 1. The molecule has 0 amide bonds. The molecule has 82 heavy (non-hydrogen) atoms. The van der Waals surface area contributed by atoms with E-state index in [9.17, 15) is 43.2 Å². The molecule has 3 N–H and O–H groups in total. The third-order valence-corrected chi connectivity index (χ3v) is 16.5. The number of carbonyl (C=O) groups is 4. The lowest BCUT2D eigenvalue weighted by molar-refractivity contribution is -0.161. The lowest BCUT2D eigenvalue weighted by Crippen LogP contribution is -2.30. The van der Waals surface area contributed by atoms with E-state index in [1.54, 1.807) is 0 Å². The molecular formula is C63H122O17P2. The molecule has 0 aromatic rings. The average molecular weight is 1210 g/mol. The molecule has 0 radical (unpaired) electrons. The van der Waals surface area contributed by atoms with Crippen molar-refractivity contribution >= 4 is 39.5 Å². The highest BCUT2D eigenvalue weighted by Crippen LogP contribution is 2.45. The topological polar surface area (TPSA) is 237 Å². The zero-order chi connectivity index (χ0) is 60.5. The van der Waals surface area contributed by atoms with Gasteiger partial charge in [-0.3, -0.25) is 37.3 Å². The van der Waals surface area contributed by atoms with Crippen LogP contribution in [-0.2, 0) is 65.4 Å². The average Bonchev–Trinajstić information content (AvgIpc) is 3.45. The van der Waals surface area contributed by atoms with Gasteiger partial charge in [-0.1, -0.05) is 272 Å². The molecule has 0 aliphatic rings. The summed E-state index contributed by atoms with van der Waals surface area (Å²) >= 11 is 0. The number of rotatable bonds is 64. The van der Waals surface area contributed by atoms with Crippen molar-refractivity contribution in [2.24, 2.45) is 0 Å². The van der Waals surface area contributed by atoms with Gasteiger partial charge in [0.05, 0.1) is 26.4 Å². The van der Waals surface area contributed by atoms with Crippen molar-refractivity contribution in [2.45, 2.75) is 341 Å². The first-order chi connectivity index (χ1) is 39.7. The van der Waals surface area contributed by atoms with Gasteiger partial charge in [0.2, 0.25) is 0 Å². The number of esters is 4. The van der Waals surface area contributed by atoms with Gasteiger partial charge in [-0.15, -0.1) is 0 Å². The zero-order valence-corrected chi connectivity index (χ0v) is 54.2. The Morgan fingerprint density at radius 2 is 0.488 bits per heavy atom. The van der Waals surface area contributed by atoms with E-state index in [0.717, 1.165) is 103 Å². The molecule has 0 aromatic heterocycles. The fourth-order valence-electron chi connectivity index (χ4n) is 9.46. The van der Waals surface area contributed by atoms with Gasteiger partial charge in [0.15, 0.2) is 12.2 Å². The van der Waals surface area contributed by atoms with Gasteiger partial charge in [0.1, 0.15) is 19.3 Å². The maximum absolute atomic E-state index is 13.0. The molecule has 0 saturated heterocycles. The normalized spacial score (nSPS) is 14.2. The Labute approximate surface area is 498 Å². The van der Waals surface area contributed by atoms with E-state index in [1.807, 2.05) is 0 Å². The second kappa shape index (κ2) is 58.1. The quantitative estimate of drug-likeness (QED) is 0.0222. The highest BCUT2D eigenvalue weighted by Gasteiger charge is 2.30. The smallest absolute Gasteiger partial charge is 0.462 e. The molecule has 0 aromatic carbocycles. The van der Waals surface area contributed by atoms with Gasteiger partial charge < -0.3 is 33.8 Å². The number of unbranched alkanes of at least 4 members (excludes halogenated alkanes) is 38. The summed E-state index contributed by atoms with van der Waals surface area (Å²) in [7, 11) is -9.87. The lowest BCUT2D eigenvalue weighted by atomic mass is 10.0. The van der Waals surface area contributed by atoms with Crippen LogP contribution in [-0.4, -0.2) is 96.7 Å². The third-order valence-electron chi connectivity index (χ3n) is 14.6. The number of hydrogen-bond donors (Lipinski definition) is 3. The third kappa shape index (κ3) is 57.2. The van der Waals surface area contributed by atoms with Crippen LogP contribution < -0.4 is 0 Å². The Morgan fingerprint density at radius 3 is 0.720 bits per heavy atom. The van der Waals surface area contributed by atoms with E-state index in [0.29, 0.717) is 25.7 Å². The lowest BCUT2D eigenvalue weighted by Gasteiger charge is -2.21. The number of aliphatic hydroxyl groups is 1. The molecule has 0 rings (SSSR count). The van der Waals surface area contributed by atoms with E-state index in [-0.39, 0.29) is 25.7 Å². The fourth-order valence-corrected chi connectivity index (χ4v) is 11.0. The number of phosphoric acid groups is 2. The second-order valence-electron chi connectivity index (χ2n) is 22.8. The summed E-state index contributed by atoms with van der Waals surface area (Å²) in [6, 6.07) is 0. The van der Waals surface area contributed by atoms with Crippen molar-refractivity contribution < 1.29 is 80.2 Å². The van der Waals surface area contributed by atoms with Gasteiger partial charge in [-0.05, 0) is 25.7 Å². The second-order valence-corrected chi connectivity index (χ2v) is 25.7. The summed E-state index contributed by atoms with van der Waals surface area (Å²) in [5, 5.41) is 10.5. The summed E-state index contributed by atoms with van der Waals surface area (Å²) in [6.07, 6.45) is 43.6. The van der Waals surface area contributed by atoms with Crippen LogP contribution in [0.25, 0.3) is 0 Å². The van der Waals surface area contributed by atoms with Gasteiger partial charge in [-0.25, -0.2) is 9.13 Å². The van der Waals surface area contributed by atoms with Crippen molar-refractivity contribution in [2.75, 3.05) is 39.6 Å². The van der Waals surface area contributed by atoms with Crippen molar-refractivity contribution in [3.05, 3.63) is 0 Å².